The first-order chi connectivity index (χ1) is 22.9. The van der Waals surface area contributed by atoms with Gasteiger partial charge in [-0.1, -0.05) is 18.2 Å². The van der Waals surface area contributed by atoms with Crippen LogP contribution in [0.25, 0.3) is 22.2 Å². The lowest BCUT2D eigenvalue weighted by molar-refractivity contribution is 0.292. The first kappa shape index (κ1) is 32.2. The molecule has 238 valence electrons. The molecule has 0 spiro atoms. The molecule has 3 heterocycles. The Morgan fingerprint density at radius 2 is 1.87 bits per heavy atom. The zero-order valence-corrected chi connectivity index (χ0v) is 27.9. The van der Waals surface area contributed by atoms with Crippen LogP contribution in [0.5, 0.6) is 11.5 Å². The van der Waals surface area contributed by atoms with Crippen molar-refractivity contribution in [3.63, 3.8) is 0 Å². The fourth-order valence-electron chi connectivity index (χ4n) is 4.62. The van der Waals surface area contributed by atoms with E-state index in [0.29, 0.717) is 49.3 Å². The van der Waals surface area contributed by atoms with Crippen LogP contribution in [0, 0.1) is 5.82 Å². The Hall–Kier alpha value is -4.76. The summed E-state index contributed by atoms with van der Waals surface area (Å²) in [7, 11) is -0.973. The average Bonchev–Trinajstić information content (AvgIpc) is 3.55. The van der Waals surface area contributed by atoms with Gasteiger partial charge < -0.3 is 19.5 Å². The largest absolute Gasteiger partial charge is 0.496 e. The maximum atomic E-state index is 13.5. The smallest absolute Gasteiger partial charge is 0.241 e. The van der Waals surface area contributed by atoms with Gasteiger partial charge >= 0.3 is 0 Å². The van der Waals surface area contributed by atoms with Crippen LogP contribution in [0.2, 0.25) is 0 Å². The third-order valence-electron chi connectivity index (χ3n) is 6.86. The number of pyridine rings is 1. The zero-order valence-electron chi connectivity index (χ0n) is 24.7. The van der Waals surface area contributed by atoms with Gasteiger partial charge in [0.1, 0.15) is 47.7 Å². The minimum atomic E-state index is -2.54. The molecule has 0 saturated carbocycles. The Labute approximate surface area is 282 Å². The van der Waals surface area contributed by atoms with E-state index in [1.165, 1.54) is 29.8 Å². The molecule has 3 aromatic heterocycles. The molecule has 3 aromatic carbocycles. The van der Waals surface area contributed by atoms with Crippen molar-refractivity contribution >= 4 is 65.0 Å². The molecule has 0 bridgehead atoms. The van der Waals surface area contributed by atoms with Crippen LogP contribution >= 0.6 is 27.3 Å². The van der Waals surface area contributed by atoms with Crippen LogP contribution in [0.1, 0.15) is 16.3 Å². The Balaban J connectivity index is 1.21. The predicted molar refractivity (Wildman–Crippen MR) is 182 cm³/mol. The first-order valence-electron chi connectivity index (χ1n) is 14.1. The van der Waals surface area contributed by atoms with Crippen molar-refractivity contribution < 1.29 is 27.0 Å². The lowest BCUT2D eigenvalue weighted by Crippen LogP contribution is -2.10. The minimum Gasteiger partial charge on any atom is -0.496 e. The van der Waals surface area contributed by atoms with Gasteiger partial charge in [-0.2, -0.15) is 8.42 Å². The lowest BCUT2D eigenvalue weighted by Gasteiger charge is -2.13. The van der Waals surface area contributed by atoms with Gasteiger partial charge in [-0.15, -0.1) is 11.3 Å². The van der Waals surface area contributed by atoms with E-state index < -0.39 is 10.3 Å². The molecule has 0 saturated heterocycles. The summed E-state index contributed by atoms with van der Waals surface area (Å²) >= 11 is 4.90. The van der Waals surface area contributed by atoms with Crippen LogP contribution in [-0.4, -0.2) is 40.5 Å². The molecule has 0 fully saturated rings. The lowest BCUT2D eigenvalue weighted by atomic mass is 10.1. The van der Waals surface area contributed by atoms with Crippen molar-refractivity contribution in [2.45, 2.75) is 19.6 Å². The summed E-state index contributed by atoms with van der Waals surface area (Å²) in [5.41, 5.74) is 4.03. The topological polar surface area (TPSA) is 125 Å². The number of rotatable bonds is 11. The molecule has 0 radical (unpaired) electrons. The number of hydrogen-bond donors (Lipinski definition) is 1. The number of nitrogens with one attached hydrogen (secondary N) is 1. The standard InChI is InChI=1S/C33H25BrFN5O5S2/c1-43-30-15-27-25(14-24(30)28-18-46-31(40-28)17-45-32(47(41)42)13-22-7-2-3-10-36-22)33(38-19-37-27)39-23-8-9-29(26(34)12-23)44-16-20-5-4-6-21(35)11-20/h2-12,14-15,18-19H,13,16-17H2,1H3,(H,37,38,39). The maximum absolute atomic E-state index is 13.5. The highest BCUT2D eigenvalue weighted by molar-refractivity contribution is 9.10. The van der Waals surface area contributed by atoms with Crippen LogP contribution in [0.4, 0.5) is 15.9 Å². The average molecular weight is 735 g/mol. The zero-order chi connectivity index (χ0) is 32.8. The van der Waals surface area contributed by atoms with E-state index in [0.717, 1.165) is 16.6 Å². The summed E-state index contributed by atoms with van der Waals surface area (Å²) in [5.74, 6) is 1.41. The Morgan fingerprint density at radius 3 is 2.64 bits per heavy atom. The van der Waals surface area contributed by atoms with Gasteiger partial charge in [0.05, 0.1) is 29.2 Å². The molecule has 0 aliphatic rings. The molecule has 14 heteroatoms. The fourth-order valence-corrected chi connectivity index (χ4v) is 6.24. The molecule has 0 aliphatic carbocycles. The molecule has 0 unspecified atom stereocenters. The van der Waals surface area contributed by atoms with Crippen molar-refractivity contribution in [3.8, 4) is 22.8 Å². The normalized spacial score (nSPS) is 11.0. The molecular formula is C33H25BrFN5O5S2. The van der Waals surface area contributed by atoms with Crippen molar-refractivity contribution in [1.29, 1.82) is 0 Å². The van der Waals surface area contributed by atoms with Gasteiger partial charge in [-0.05, 0) is 70.0 Å². The number of aromatic nitrogens is 4. The quantitative estimate of drug-likeness (QED) is 0.137. The number of halogens is 2. The second-order valence-electron chi connectivity index (χ2n) is 10.0. The number of methoxy groups -OCH3 is 1. The minimum absolute atomic E-state index is 0.0244. The highest BCUT2D eigenvalue weighted by Crippen LogP contribution is 2.37. The van der Waals surface area contributed by atoms with E-state index in [1.54, 1.807) is 43.6 Å². The number of hydrogen-bond acceptors (Lipinski definition) is 11. The molecule has 1 N–H and O–H groups in total. The summed E-state index contributed by atoms with van der Waals surface area (Å²) < 4.78 is 55.0. The molecule has 47 heavy (non-hydrogen) atoms. The fraction of sp³-hybridized carbons (Fsp3) is 0.121. The molecule has 10 nitrogen and oxygen atoms in total. The molecule has 0 amide bonds. The predicted octanol–water partition coefficient (Wildman–Crippen LogP) is 7.15. The molecule has 0 atom stereocenters. The van der Waals surface area contributed by atoms with Crippen LogP contribution in [0.3, 0.4) is 0 Å². The van der Waals surface area contributed by atoms with E-state index in [9.17, 15) is 12.8 Å². The Bertz CT molecular complexity index is 2190. The van der Waals surface area contributed by atoms with Crippen molar-refractivity contribution in [2.75, 3.05) is 12.4 Å². The first-order valence-corrected chi connectivity index (χ1v) is 16.8. The number of benzene rings is 3. The molecule has 6 rings (SSSR count). The summed E-state index contributed by atoms with van der Waals surface area (Å²) in [6.45, 7) is 0.195. The van der Waals surface area contributed by atoms with Gasteiger partial charge in [0.25, 0.3) is 0 Å². The van der Waals surface area contributed by atoms with Crippen molar-refractivity contribution in [2.24, 2.45) is 0 Å². The number of thiazole rings is 1. The van der Waals surface area contributed by atoms with Crippen LogP contribution in [-0.2, 0) is 34.7 Å². The number of anilines is 2. The van der Waals surface area contributed by atoms with Crippen molar-refractivity contribution in [1.82, 2.24) is 19.9 Å². The van der Waals surface area contributed by atoms with Gasteiger partial charge in [0, 0.05) is 40.0 Å². The second kappa shape index (κ2) is 14.8. The van der Waals surface area contributed by atoms with Crippen LogP contribution in [0.15, 0.2) is 95.2 Å². The van der Waals surface area contributed by atoms with E-state index >= 15 is 0 Å². The summed E-state index contributed by atoms with van der Waals surface area (Å²) in [5, 5.41) is 6.39. The monoisotopic (exact) mass is 733 g/mol. The van der Waals surface area contributed by atoms with Gasteiger partial charge in [0.2, 0.25) is 10.3 Å². The molecular weight excluding hydrogens is 709 g/mol. The van der Waals surface area contributed by atoms with Gasteiger partial charge in [-0.3, -0.25) is 4.98 Å². The maximum Gasteiger partial charge on any atom is 0.241 e. The van der Waals surface area contributed by atoms with E-state index in [1.807, 2.05) is 35.7 Å². The number of fused-ring (bicyclic) bond motifs is 1. The third kappa shape index (κ3) is 7.97. The Morgan fingerprint density at radius 1 is 0.979 bits per heavy atom. The summed E-state index contributed by atoms with van der Waals surface area (Å²) in [6.07, 6.45) is 3.11. The van der Waals surface area contributed by atoms with Gasteiger partial charge in [-0.25, -0.2) is 19.3 Å². The summed E-state index contributed by atoms with van der Waals surface area (Å²) in [6, 6.07) is 20.8. The highest BCUT2D eigenvalue weighted by atomic mass is 79.9. The third-order valence-corrected chi connectivity index (χ3v) is 8.93. The number of ether oxygens (including phenoxy) is 3. The van der Waals surface area contributed by atoms with Crippen molar-refractivity contribution in [3.05, 3.63) is 117 Å². The SMILES string of the molecule is COc1cc2ncnc(Nc3ccc(OCc4cccc(F)c4)c(Br)c3)c2cc1-c1csc(COC(Cc2ccccn2)=S(=O)=O)n1. The number of nitrogens with zero attached hydrogens (tertiary/aromatic N) is 4. The van der Waals surface area contributed by atoms with Gasteiger partial charge in [0.15, 0.2) is 5.05 Å². The molecule has 0 aliphatic heterocycles. The van der Waals surface area contributed by atoms with E-state index in [4.69, 9.17) is 19.2 Å². The summed E-state index contributed by atoms with van der Waals surface area (Å²) in [4.78, 5) is 17.8. The second-order valence-corrected chi connectivity index (χ2v) is 12.7. The van der Waals surface area contributed by atoms with Crippen LogP contribution < -0.4 is 14.8 Å². The molecule has 6 aromatic rings. The Kier molecular flexibility index (Phi) is 10.1. The van der Waals surface area contributed by atoms with E-state index in [-0.39, 0.29) is 30.5 Å². The van der Waals surface area contributed by atoms with E-state index in [2.05, 4.69) is 36.2 Å². The highest BCUT2D eigenvalue weighted by Gasteiger charge is 2.16.